The molecule has 0 aromatic heterocycles. The molecule has 0 atom stereocenters. The first-order chi connectivity index (χ1) is 12.0. The summed E-state index contributed by atoms with van der Waals surface area (Å²) in [7, 11) is -3.59. The number of nitrogens with zero attached hydrogens (tertiary/aromatic N) is 1. The lowest BCUT2D eigenvalue weighted by atomic mass is 10.1. The van der Waals surface area contributed by atoms with E-state index in [1.165, 1.54) is 16.4 Å². The van der Waals surface area contributed by atoms with Crippen LogP contribution in [0.3, 0.4) is 0 Å². The third kappa shape index (κ3) is 4.00. The van der Waals surface area contributed by atoms with Crippen molar-refractivity contribution in [1.82, 2.24) is 4.31 Å². The van der Waals surface area contributed by atoms with E-state index in [4.69, 9.17) is 0 Å². The van der Waals surface area contributed by atoms with Crippen molar-refractivity contribution in [2.45, 2.75) is 30.4 Å². The zero-order valence-corrected chi connectivity index (χ0v) is 14.5. The summed E-state index contributed by atoms with van der Waals surface area (Å²) in [5.74, 6) is -0.454. The Hall–Kier alpha value is -1.96. The lowest BCUT2D eigenvalue weighted by Gasteiger charge is -2.32. The standard InChI is InChI=1S/C18H21FN2O3S/c19-15-5-7-17(8-6-15)25(23,24)21-11-9-16(10-12-21)20-18-4-2-1-3-14(18)13-22/h1-8,16,20,22H,9-13H2. The van der Waals surface area contributed by atoms with Crippen molar-refractivity contribution in [3.05, 3.63) is 59.9 Å². The van der Waals surface area contributed by atoms with Crippen molar-refractivity contribution in [3.8, 4) is 0 Å². The van der Waals surface area contributed by atoms with Gasteiger partial charge in [-0.1, -0.05) is 18.2 Å². The molecule has 3 rings (SSSR count). The van der Waals surface area contributed by atoms with Gasteiger partial charge in [-0.3, -0.25) is 0 Å². The summed E-state index contributed by atoms with van der Waals surface area (Å²) in [5.41, 5.74) is 1.70. The monoisotopic (exact) mass is 364 g/mol. The fourth-order valence-corrected chi connectivity index (χ4v) is 4.48. The molecule has 134 valence electrons. The quantitative estimate of drug-likeness (QED) is 0.856. The van der Waals surface area contributed by atoms with Gasteiger partial charge in [-0.15, -0.1) is 0 Å². The highest BCUT2D eigenvalue weighted by atomic mass is 32.2. The van der Waals surface area contributed by atoms with E-state index in [-0.39, 0.29) is 17.5 Å². The van der Waals surface area contributed by atoms with Crippen LogP contribution in [0, 0.1) is 5.82 Å². The lowest BCUT2D eigenvalue weighted by molar-refractivity contribution is 0.282. The van der Waals surface area contributed by atoms with E-state index >= 15 is 0 Å². The molecule has 2 aromatic carbocycles. The molecule has 0 saturated carbocycles. The van der Waals surface area contributed by atoms with Gasteiger partial charge >= 0.3 is 0 Å². The minimum absolute atomic E-state index is 0.0407. The van der Waals surface area contributed by atoms with Crippen LogP contribution in [-0.4, -0.2) is 37.0 Å². The maximum Gasteiger partial charge on any atom is 0.243 e. The Morgan fingerprint density at radius 3 is 2.36 bits per heavy atom. The van der Waals surface area contributed by atoms with Gasteiger partial charge < -0.3 is 10.4 Å². The van der Waals surface area contributed by atoms with Crippen LogP contribution in [0.15, 0.2) is 53.4 Å². The van der Waals surface area contributed by atoms with Gasteiger partial charge in [0.25, 0.3) is 0 Å². The van der Waals surface area contributed by atoms with E-state index in [9.17, 15) is 17.9 Å². The average Bonchev–Trinajstić information content (AvgIpc) is 2.63. The molecule has 7 heteroatoms. The number of hydrogen-bond acceptors (Lipinski definition) is 4. The minimum atomic E-state index is -3.59. The molecule has 5 nitrogen and oxygen atoms in total. The van der Waals surface area contributed by atoms with Crippen molar-refractivity contribution in [2.75, 3.05) is 18.4 Å². The first-order valence-corrected chi connectivity index (χ1v) is 9.66. The number of piperidine rings is 1. The first kappa shape index (κ1) is 17.8. The number of anilines is 1. The van der Waals surface area contributed by atoms with Crippen molar-refractivity contribution >= 4 is 15.7 Å². The lowest BCUT2D eigenvalue weighted by Crippen LogP contribution is -2.42. The van der Waals surface area contributed by atoms with Crippen LogP contribution < -0.4 is 5.32 Å². The van der Waals surface area contributed by atoms with E-state index in [1.807, 2.05) is 24.3 Å². The Kier molecular flexibility index (Phi) is 5.36. The molecule has 0 aliphatic carbocycles. The highest BCUT2D eigenvalue weighted by Crippen LogP contribution is 2.24. The van der Waals surface area contributed by atoms with Crippen LogP contribution in [-0.2, 0) is 16.6 Å². The van der Waals surface area contributed by atoms with Gasteiger partial charge in [0.15, 0.2) is 0 Å². The average molecular weight is 364 g/mol. The molecule has 1 aliphatic heterocycles. The van der Waals surface area contributed by atoms with Gasteiger partial charge in [0.2, 0.25) is 10.0 Å². The highest BCUT2D eigenvalue weighted by Gasteiger charge is 2.29. The Labute approximate surface area is 147 Å². The van der Waals surface area contributed by atoms with E-state index < -0.39 is 15.8 Å². The van der Waals surface area contributed by atoms with E-state index in [2.05, 4.69) is 5.32 Å². The van der Waals surface area contributed by atoms with Crippen molar-refractivity contribution in [3.63, 3.8) is 0 Å². The molecular formula is C18H21FN2O3S. The van der Waals surface area contributed by atoms with Gasteiger partial charge in [-0.05, 0) is 43.2 Å². The van der Waals surface area contributed by atoms with Crippen LogP contribution in [0.1, 0.15) is 18.4 Å². The molecule has 25 heavy (non-hydrogen) atoms. The number of para-hydroxylation sites is 1. The van der Waals surface area contributed by atoms with Crippen LogP contribution in [0.5, 0.6) is 0 Å². The number of nitrogens with one attached hydrogen (secondary N) is 1. The SMILES string of the molecule is O=S(=O)(c1ccc(F)cc1)N1CCC(Nc2ccccc2CO)CC1. The zero-order chi connectivity index (χ0) is 17.9. The van der Waals surface area contributed by atoms with Crippen molar-refractivity contribution in [1.29, 1.82) is 0 Å². The van der Waals surface area contributed by atoms with Crippen LogP contribution in [0.2, 0.25) is 0 Å². The number of sulfonamides is 1. The second kappa shape index (κ2) is 7.51. The molecular weight excluding hydrogens is 343 g/mol. The summed E-state index contributed by atoms with van der Waals surface area (Å²) in [5, 5.41) is 12.8. The summed E-state index contributed by atoms with van der Waals surface area (Å²) in [6.07, 6.45) is 1.33. The summed E-state index contributed by atoms with van der Waals surface area (Å²) in [6, 6.07) is 12.6. The topological polar surface area (TPSA) is 69.6 Å². The molecule has 1 fully saturated rings. The van der Waals surface area contributed by atoms with Gasteiger partial charge in [-0.25, -0.2) is 12.8 Å². The molecule has 0 radical (unpaired) electrons. The summed E-state index contributed by atoms with van der Waals surface area (Å²) in [6.45, 7) is 0.762. The Balaban J connectivity index is 1.64. The molecule has 1 heterocycles. The first-order valence-electron chi connectivity index (χ1n) is 8.22. The molecule has 1 saturated heterocycles. The van der Waals surface area contributed by atoms with E-state index in [0.717, 1.165) is 23.4 Å². The predicted octanol–water partition coefficient (Wildman–Crippen LogP) is 2.58. The molecule has 2 N–H and O–H groups in total. The third-order valence-corrected chi connectivity index (χ3v) is 6.37. The second-order valence-electron chi connectivity index (χ2n) is 6.09. The molecule has 0 bridgehead atoms. The summed E-state index contributed by atoms with van der Waals surface area (Å²) >= 11 is 0. The Bertz CT molecular complexity index is 816. The second-order valence-corrected chi connectivity index (χ2v) is 8.03. The van der Waals surface area contributed by atoms with Gasteiger partial charge in [-0.2, -0.15) is 4.31 Å². The van der Waals surface area contributed by atoms with E-state index in [1.54, 1.807) is 0 Å². The molecule has 0 unspecified atom stereocenters. The number of aliphatic hydroxyl groups excluding tert-OH is 1. The van der Waals surface area contributed by atoms with Gasteiger partial charge in [0.05, 0.1) is 11.5 Å². The third-order valence-electron chi connectivity index (χ3n) is 4.45. The summed E-state index contributed by atoms with van der Waals surface area (Å²) < 4.78 is 39.7. The Morgan fingerprint density at radius 2 is 1.72 bits per heavy atom. The number of benzene rings is 2. The molecule has 0 amide bonds. The number of aliphatic hydroxyl groups is 1. The highest BCUT2D eigenvalue weighted by molar-refractivity contribution is 7.89. The van der Waals surface area contributed by atoms with Crippen LogP contribution >= 0.6 is 0 Å². The fourth-order valence-electron chi connectivity index (χ4n) is 3.02. The normalized spacial score (nSPS) is 16.7. The fraction of sp³-hybridized carbons (Fsp3) is 0.333. The molecule has 2 aromatic rings. The van der Waals surface area contributed by atoms with Crippen molar-refractivity contribution in [2.24, 2.45) is 0 Å². The minimum Gasteiger partial charge on any atom is -0.392 e. The van der Waals surface area contributed by atoms with Crippen molar-refractivity contribution < 1.29 is 17.9 Å². The predicted molar refractivity (Wildman–Crippen MR) is 94.2 cm³/mol. The smallest absolute Gasteiger partial charge is 0.243 e. The van der Waals surface area contributed by atoms with Gasteiger partial charge in [0.1, 0.15) is 5.82 Å². The summed E-state index contributed by atoms with van der Waals surface area (Å²) in [4.78, 5) is 0.117. The number of rotatable bonds is 5. The molecule has 1 aliphatic rings. The van der Waals surface area contributed by atoms with Crippen LogP contribution in [0.4, 0.5) is 10.1 Å². The number of halogens is 1. The largest absolute Gasteiger partial charge is 0.392 e. The van der Waals surface area contributed by atoms with Gasteiger partial charge in [0, 0.05) is 30.4 Å². The van der Waals surface area contributed by atoms with Crippen LogP contribution in [0.25, 0.3) is 0 Å². The number of hydrogen-bond donors (Lipinski definition) is 2. The maximum absolute atomic E-state index is 13.0. The van der Waals surface area contributed by atoms with E-state index in [0.29, 0.717) is 25.9 Å². The Morgan fingerprint density at radius 1 is 1.08 bits per heavy atom. The molecule has 0 spiro atoms. The maximum atomic E-state index is 13.0. The zero-order valence-electron chi connectivity index (χ0n) is 13.7.